The Balaban J connectivity index is 1.46. The highest BCUT2D eigenvalue weighted by atomic mass is 16.5. The number of carbonyl (C=O) groups excluding carboxylic acids is 2. The van der Waals surface area contributed by atoms with Crippen molar-refractivity contribution in [1.82, 2.24) is 15.5 Å². The van der Waals surface area contributed by atoms with E-state index in [9.17, 15) is 19.8 Å². The number of aliphatic hydroxyl groups excluding tert-OH is 1. The van der Waals surface area contributed by atoms with Gasteiger partial charge >= 0.3 is 0 Å². The predicted octanol–water partition coefficient (Wildman–Crippen LogP) is 2.91. The number of hydrogen-bond donors (Lipinski definition) is 5. The molecular formula is C26H30N4O5. The molecule has 35 heavy (non-hydrogen) atoms. The number of nitrogens with one attached hydrogen (secondary N) is 3. The van der Waals surface area contributed by atoms with E-state index in [1.807, 2.05) is 44.2 Å². The summed E-state index contributed by atoms with van der Waals surface area (Å²) in [6, 6.07) is 9.99. The Morgan fingerprint density at radius 1 is 1.17 bits per heavy atom. The first kappa shape index (κ1) is 24.3. The highest BCUT2D eigenvalue weighted by molar-refractivity contribution is 5.98. The van der Waals surface area contributed by atoms with Gasteiger partial charge in [0.05, 0.1) is 12.3 Å². The number of ether oxygens (including phenoxy) is 1. The van der Waals surface area contributed by atoms with Crippen LogP contribution in [0.25, 0.3) is 11.3 Å². The van der Waals surface area contributed by atoms with Gasteiger partial charge in [0.1, 0.15) is 17.5 Å². The number of carbonyl (C=O) groups is 2. The van der Waals surface area contributed by atoms with Gasteiger partial charge in [0.25, 0.3) is 11.8 Å². The van der Waals surface area contributed by atoms with Crippen LogP contribution in [0.15, 0.2) is 36.4 Å². The molecule has 4 rings (SSSR count). The van der Waals surface area contributed by atoms with Gasteiger partial charge in [-0.25, -0.2) is 0 Å². The Morgan fingerprint density at radius 3 is 2.57 bits per heavy atom. The standard InChI is InChI=1S/C26H30N4O5/c1-14-15(2)23-18(16(3)22(14)32)10-11-26(4,35-23)25(34)27-20(13-31)24(33)28-21-12-19(29-30-21)17-8-6-5-7-9-17/h5-9,12,20,31-32H,10-11,13H2,1-4H3,(H,27,34)(H2,28,29,30,33). The minimum absolute atomic E-state index is 0.240. The van der Waals surface area contributed by atoms with E-state index in [4.69, 9.17) is 4.74 Å². The third-order valence-corrected chi connectivity index (χ3v) is 6.72. The van der Waals surface area contributed by atoms with Crippen molar-refractivity contribution >= 4 is 17.6 Å². The monoisotopic (exact) mass is 478 g/mol. The first-order chi connectivity index (χ1) is 16.6. The smallest absolute Gasteiger partial charge is 0.264 e. The molecule has 2 amide bonds. The fourth-order valence-electron chi connectivity index (χ4n) is 4.28. The van der Waals surface area contributed by atoms with Crippen molar-refractivity contribution in [2.45, 2.75) is 52.2 Å². The van der Waals surface area contributed by atoms with Crippen molar-refractivity contribution in [2.75, 3.05) is 11.9 Å². The van der Waals surface area contributed by atoms with Crippen molar-refractivity contribution < 1.29 is 24.5 Å². The first-order valence-corrected chi connectivity index (χ1v) is 11.5. The number of aromatic hydroxyl groups is 1. The average molecular weight is 479 g/mol. The molecule has 0 saturated heterocycles. The van der Waals surface area contributed by atoms with Crippen LogP contribution < -0.4 is 15.4 Å². The molecule has 0 fully saturated rings. The van der Waals surface area contributed by atoms with Crippen LogP contribution in [-0.4, -0.2) is 50.5 Å². The average Bonchev–Trinajstić information content (AvgIpc) is 3.33. The van der Waals surface area contributed by atoms with E-state index in [0.717, 1.165) is 27.9 Å². The molecule has 2 atom stereocenters. The fourth-order valence-corrected chi connectivity index (χ4v) is 4.28. The minimum Gasteiger partial charge on any atom is -0.507 e. The first-order valence-electron chi connectivity index (χ1n) is 11.5. The number of H-pyrrole nitrogens is 1. The van der Waals surface area contributed by atoms with Crippen LogP contribution in [0.5, 0.6) is 11.5 Å². The molecule has 0 saturated carbocycles. The van der Waals surface area contributed by atoms with Gasteiger partial charge in [-0.15, -0.1) is 0 Å². The molecular weight excluding hydrogens is 448 g/mol. The Kier molecular flexibility index (Phi) is 6.53. The van der Waals surface area contributed by atoms with E-state index in [-0.39, 0.29) is 11.6 Å². The number of phenolic OH excluding ortho intramolecular Hbond substituents is 1. The Labute approximate surface area is 203 Å². The highest BCUT2D eigenvalue weighted by Gasteiger charge is 2.42. The molecule has 1 aromatic heterocycles. The van der Waals surface area contributed by atoms with E-state index in [1.165, 1.54) is 0 Å². The predicted molar refractivity (Wildman–Crippen MR) is 131 cm³/mol. The maximum Gasteiger partial charge on any atom is 0.264 e. The second-order valence-corrected chi connectivity index (χ2v) is 9.09. The summed E-state index contributed by atoms with van der Waals surface area (Å²) in [6.45, 7) is 6.54. The fraction of sp³-hybridized carbons (Fsp3) is 0.346. The number of aromatic nitrogens is 2. The van der Waals surface area contributed by atoms with Gasteiger partial charge in [0.15, 0.2) is 11.4 Å². The lowest BCUT2D eigenvalue weighted by atomic mass is 9.86. The number of aromatic amines is 1. The molecule has 0 spiro atoms. The lowest BCUT2D eigenvalue weighted by molar-refractivity contribution is -0.140. The number of amides is 2. The maximum atomic E-state index is 13.2. The van der Waals surface area contributed by atoms with E-state index < -0.39 is 30.1 Å². The number of benzene rings is 2. The van der Waals surface area contributed by atoms with Gasteiger partial charge in [-0.3, -0.25) is 14.7 Å². The summed E-state index contributed by atoms with van der Waals surface area (Å²) in [6.07, 6.45) is 0.888. The number of rotatable bonds is 6. The molecule has 1 aliphatic heterocycles. The van der Waals surface area contributed by atoms with Gasteiger partial charge in [0, 0.05) is 18.1 Å². The van der Waals surface area contributed by atoms with Crippen molar-refractivity contribution in [2.24, 2.45) is 0 Å². The molecule has 9 heteroatoms. The van der Waals surface area contributed by atoms with Gasteiger partial charge in [-0.1, -0.05) is 30.3 Å². The Morgan fingerprint density at radius 2 is 1.89 bits per heavy atom. The highest BCUT2D eigenvalue weighted by Crippen LogP contribution is 2.43. The largest absolute Gasteiger partial charge is 0.507 e. The van der Waals surface area contributed by atoms with E-state index in [2.05, 4.69) is 20.8 Å². The summed E-state index contributed by atoms with van der Waals surface area (Å²) in [5.74, 6) is -0.0101. The molecule has 1 aliphatic rings. The summed E-state index contributed by atoms with van der Waals surface area (Å²) in [4.78, 5) is 26.0. The van der Waals surface area contributed by atoms with Crippen LogP contribution in [0.3, 0.4) is 0 Å². The maximum absolute atomic E-state index is 13.2. The van der Waals surface area contributed by atoms with Crippen molar-refractivity contribution in [3.63, 3.8) is 0 Å². The van der Waals surface area contributed by atoms with Crippen LogP contribution in [0.1, 0.15) is 35.6 Å². The number of aliphatic hydroxyl groups is 1. The molecule has 5 N–H and O–H groups in total. The Hall–Kier alpha value is -3.85. The SMILES string of the molecule is Cc1c(C)c2c(c(C)c1O)CCC(C)(C(=O)NC(CO)C(=O)Nc1cc(-c3ccccc3)[nH]n1)O2. The van der Waals surface area contributed by atoms with Crippen molar-refractivity contribution in [3.05, 3.63) is 58.7 Å². The third kappa shape index (κ3) is 4.59. The summed E-state index contributed by atoms with van der Waals surface area (Å²) >= 11 is 0. The minimum atomic E-state index is -1.24. The molecule has 0 radical (unpaired) electrons. The van der Waals surface area contributed by atoms with Gasteiger partial charge < -0.3 is 25.6 Å². The quantitative estimate of drug-likeness (QED) is 0.370. The summed E-state index contributed by atoms with van der Waals surface area (Å²) in [5.41, 5.74) is 3.47. The summed E-state index contributed by atoms with van der Waals surface area (Å²) in [5, 5.41) is 32.4. The zero-order valence-corrected chi connectivity index (χ0v) is 20.2. The molecule has 0 aliphatic carbocycles. The third-order valence-electron chi connectivity index (χ3n) is 6.72. The van der Waals surface area contributed by atoms with E-state index in [1.54, 1.807) is 19.9 Å². The number of nitrogens with zero attached hydrogens (tertiary/aromatic N) is 1. The Bertz CT molecular complexity index is 1270. The topological polar surface area (TPSA) is 137 Å². The molecule has 2 heterocycles. The van der Waals surface area contributed by atoms with Gasteiger partial charge in [0.2, 0.25) is 0 Å². The molecule has 2 aromatic carbocycles. The second-order valence-electron chi connectivity index (χ2n) is 9.09. The van der Waals surface area contributed by atoms with Crippen LogP contribution >= 0.6 is 0 Å². The molecule has 3 aromatic rings. The summed E-state index contributed by atoms with van der Waals surface area (Å²) < 4.78 is 6.17. The van der Waals surface area contributed by atoms with Crippen molar-refractivity contribution in [1.29, 1.82) is 0 Å². The number of fused-ring (bicyclic) bond motifs is 1. The summed E-state index contributed by atoms with van der Waals surface area (Å²) in [7, 11) is 0. The number of phenols is 1. The van der Waals surface area contributed by atoms with E-state index in [0.29, 0.717) is 24.2 Å². The van der Waals surface area contributed by atoms with Crippen molar-refractivity contribution in [3.8, 4) is 22.8 Å². The van der Waals surface area contributed by atoms with Gasteiger partial charge in [-0.2, -0.15) is 5.10 Å². The van der Waals surface area contributed by atoms with Crippen LogP contribution in [0, 0.1) is 20.8 Å². The molecule has 2 unspecified atom stereocenters. The number of anilines is 1. The van der Waals surface area contributed by atoms with E-state index >= 15 is 0 Å². The lowest BCUT2D eigenvalue weighted by Crippen LogP contribution is -2.57. The lowest BCUT2D eigenvalue weighted by Gasteiger charge is -2.37. The zero-order valence-electron chi connectivity index (χ0n) is 20.2. The molecule has 0 bridgehead atoms. The molecule has 184 valence electrons. The second kappa shape index (κ2) is 9.42. The van der Waals surface area contributed by atoms with Crippen LogP contribution in [0.2, 0.25) is 0 Å². The molecule has 9 nitrogen and oxygen atoms in total. The number of hydrogen-bond acceptors (Lipinski definition) is 6. The van der Waals surface area contributed by atoms with Gasteiger partial charge in [-0.05, 0) is 56.4 Å². The zero-order chi connectivity index (χ0) is 25.3. The van der Waals surface area contributed by atoms with Crippen LogP contribution in [-0.2, 0) is 16.0 Å². The van der Waals surface area contributed by atoms with Crippen LogP contribution in [0.4, 0.5) is 5.82 Å². The normalized spacial score (nSPS) is 17.7.